The van der Waals surface area contributed by atoms with Crippen molar-refractivity contribution in [3.63, 3.8) is 0 Å². The minimum atomic E-state index is 0.707. The highest BCUT2D eigenvalue weighted by atomic mass is 15.3. The lowest BCUT2D eigenvalue weighted by atomic mass is 10.2. The Morgan fingerprint density at radius 1 is 1.33 bits per heavy atom. The van der Waals surface area contributed by atoms with E-state index in [0.717, 1.165) is 26.1 Å². The number of aromatic nitrogens is 2. The molecule has 5 heteroatoms. The summed E-state index contributed by atoms with van der Waals surface area (Å²) in [5.74, 6) is 0.707. The SMILES string of the molecule is Cn1nccc1CCN=C(N)N1CCCCCC1. The van der Waals surface area contributed by atoms with E-state index in [-0.39, 0.29) is 0 Å². The Kier molecular flexibility index (Phi) is 4.61. The maximum Gasteiger partial charge on any atom is 0.191 e. The smallest absolute Gasteiger partial charge is 0.191 e. The Balaban J connectivity index is 1.82. The van der Waals surface area contributed by atoms with Gasteiger partial charge >= 0.3 is 0 Å². The number of nitrogens with two attached hydrogens (primary N) is 1. The summed E-state index contributed by atoms with van der Waals surface area (Å²) in [7, 11) is 1.96. The molecule has 1 fully saturated rings. The number of guanidine groups is 1. The van der Waals surface area contributed by atoms with Gasteiger partial charge in [-0.05, 0) is 18.9 Å². The van der Waals surface area contributed by atoms with Gasteiger partial charge in [-0.15, -0.1) is 0 Å². The molecule has 0 unspecified atom stereocenters. The standard InChI is InChI=1S/C13H23N5/c1-17-12(7-9-16-17)6-8-15-13(14)18-10-4-2-3-5-11-18/h7,9H,2-6,8,10-11H2,1H3,(H2,14,15). The van der Waals surface area contributed by atoms with Crippen LogP contribution in [0.15, 0.2) is 17.3 Å². The molecule has 5 nitrogen and oxygen atoms in total. The van der Waals surface area contributed by atoms with Gasteiger partial charge in [0, 0.05) is 45.0 Å². The van der Waals surface area contributed by atoms with Crippen LogP contribution in [0.3, 0.4) is 0 Å². The van der Waals surface area contributed by atoms with Gasteiger partial charge in [0.2, 0.25) is 0 Å². The molecule has 1 aromatic heterocycles. The molecule has 2 N–H and O–H groups in total. The molecule has 0 saturated carbocycles. The number of likely N-dealkylation sites (tertiary alicyclic amines) is 1. The Labute approximate surface area is 109 Å². The molecule has 2 rings (SSSR count). The van der Waals surface area contributed by atoms with E-state index in [2.05, 4.69) is 15.0 Å². The van der Waals surface area contributed by atoms with E-state index >= 15 is 0 Å². The second-order valence-electron chi connectivity index (χ2n) is 4.84. The first-order valence-electron chi connectivity index (χ1n) is 6.79. The zero-order valence-electron chi connectivity index (χ0n) is 11.2. The molecular formula is C13H23N5. The average molecular weight is 249 g/mol. The van der Waals surface area contributed by atoms with Crippen LogP contribution < -0.4 is 5.73 Å². The summed E-state index contributed by atoms with van der Waals surface area (Å²) in [6.07, 6.45) is 7.82. The highest BCUT2D eigenvalue weighted by molar-refractivity contribution is 5.78. The third kappa shape index (κ3) is 3.48. The summed E-state index contributed by atoms with van der Waals surface area (Å²) in [6, 6.07) is 2.03. The van der Waals surface area contributed by atoms with Gasteiger partial charge in [-0.25, -0.2) is 0 Å². The van der Waals surface area contributed by atoms with E-state index in [4.69, 9.17) is 5.73 Å². The minimum absolute atomic E-state index is 0.707. The van der Waals surface area contributed by atoms with E-state index in [0.29, 0.717) is 5.96 Å². The van der Waals surface area contributed by atoms with Crippen LogP contribution in [-0.2, 0) is 13.5 Å². The summed E-state index contributed by atoms with van der Waals surface area (Å²) < 4.78 is 1.89. The first kappa shape index (κ1) is 12.9. The van der Waals surface area contributed by atoms with Crippen molar-refractivity contribution < 1.29 is 0 Å². The number of hydrogen-bond donors (Lipinski definition) is 1. The normalized spacial score (nSPS) is 17.8. The molecule has 18 heavy (non-hydrogen) atoms. The van der Waals surface area contributed by atoms with Gasteiger partial charge in [0.05, 0.1) is 0 Å². The van der Waals surface area contributed by atoms with Gasteiger partial charge < -0.3 is 10.6 Å². The Morgan fingerprint density at radius 2 is 2.06 bits per heavy atom. The van der Waals surface area contributed by atoms with E-state index in [1.54, 1.807) is 0 Å². The quantitative estimate of drug-likeness (QED) is 0.646. The van der Waals surface area contributed by atoms with Crippen molar-refractivity contribution in [2.75, 3.05) is 19.6 Å². The molecule has 0 spiro atoms. The van der Waals surface area contributed by atoms with Crippen molar-refractivity contribution in [3.05, 3.63) is 18.0 Å². The summed E-state index contributed by atoms with van der Waals surface area (Å²) >= 11 is 0. The van der Waals surface area contributed by atoms with Crippen molar-refractivity contribution in [2.24, 2.45) is 17.8 Å². The van der Waals surface area contributed by atoms with Crippen molar-refractivity contribution >= 4 is 5.96 Å². The van der Waals surface area contributed by atoms with Crippen molar-refractivity contribution in [3.8, 4) is 0 Å². The highest BCUT2D eigenvalue weighted by Gasteiger charge is 2.10. The van der Waals surface area contributed by atoms with Gasteiger partial charge in [-0.2, -0.15) is 5.10 Å². The molecule has 2 heterocycles. The van der Waals surface area contributed by atoms with Crippen molar-refractivity contribution in [1.82, 2.24) is 14.7 Å². The van der Waals surface area contributed by atoms with E-state index in [9.17, 15) is 0 Å². The van der Waals surface area contributed by atoms with Gasteiger partial charge in [0.25, 0.3) is 0 Å². The molecule has 0 amide bonds. The fourth-order valence-electron chi connectivity index (χ4n) is 2.33. The molecule has 1 saturated heterocycles. The first-order valence-corrected chi connectivity index (χ1v) is 6.79. The second-order valence-corrected chi connectivity index (χ2v) is 4.84. The molecular weight excluding hydrogens is 226 g/mol. The van der Waals surface area contributed by atoms with Gasteiger partial charge in [0.1, 0.15) is 0 Å². The fourth-order valence-corrected chi connectivity index (χ4v) is 2.33. The van der Waals surface area contributed by atoms with Gasteiger partial charge in [0.15, 0.2) is 5.96 Å². The fraction of sp³-hybridized carbons (Fsp3) is 0.692. The number of rotatable bonds is 3. The number of aryl methyl sites for hydroxylation is 1. The predicted octanol–water partition coefficient (Wildman–Crippen LogP) is 1.15. The molecule has 0 radical (unpaired) electrons. The average Bonchev–Trinajstić information content (AvgIpc) is 2.64. The predicted molar refractivity (Wildman–Crippen MR) is 73.4 cm³/mol. The second kappa shape index (κ2) is 6.42. The van der Waals surface area contributed by atoms with Gasteiger partial charge in [-0.1, -0.05) is 12.8 Å². The first-order chi connectivity index (χ1) is 8.77. The largest absolute Gasteiger partial charge is 0.370 e. The molecule has 0 atom stereocenters. The highest BCUT2D eigenvalue weighted by Crippen LogP contribution is 2.09. The molecule has 0 bridgehead atoms. The van der Waals surface area contributed by atoms with E-state index in [1.807, 2.05) is 24.0 Å². The van der Waals surface area contributed by atoms with Gasteiger partial charge in [-0.3, -0.25) is 9.67 Å². The molecule has 1 aliphatic rings. The summed E-state index contributed by atoms with van der Waals surface area (Å²) in [4.78, 5) is 6.70. The molecule has 0 aromatic carbocycles. The molecule has 1 aliphatic heterocycles. The third-order valence-corrected chi connectivity index (χ3v) is 3.49. The van der Waals surface area contributed by atoms with Crippen LogP contribution in [0.2, 0.25) is 0 Å². The lowest BCUT2D eigenvalue weighted by Gasteiger charge is -2.21. The van der Waals surface area contributed by atoms with Crippen LogP contribution in [0.4, 0.5) is 0 Å². The monoisotopic (exact) mass is 249 g/mol. The Hall–Kier alpha value is -1.52. The lowest BCUT2D eigenvalue weighted by Crippen LogP contribution is -2.38. The maximum absolute atomic E-state index is 6.05. The zero-order chi connectivity index (χ0) is 12.8. The van der Waals surface area contributed by atoms with Crippen molar-refractivity contribution in [2.45, 2.75) is 32.1 Å². The lowest BCUT2D eigenvalue weighted by molar-refractivity contribution is 0.428. The van der Waals surface area contributed by atoms with Crippen LogP contribution >= 0.6 is 0 Å². The van der Waals surface area contributed by atoms with E-state index < -0.39 is 0 Å². The van der Waals surface area contributed by atoms with Crippen molar-refractivity contribution in [1.29, 1.82) is 0 Å². The van der Waals surface area contributed by atoms with Crippen LogP contribution in [0, 0.1) is 0 Å². The third-order valence-electron chi connectivity index (χ3n) is 3.49. The van der Waals surface area contributed by atoms with Crippen LogP contribution in [0.25, 0.3) is 0 Å². The maximum atomic E-state index is 6.05. The summed E-state index contributed by atoms with van der Waals surface area (Å²) in [5.41, 5.74) is 7.25. The van der Waals surface area contributed by atoms with E-state index in [1.165, 1.54) is 31.4 Å². The number of hydrogen-bond acceptors (Lipinski definition) is 2. The molecule has 1 aromatic rings. The molecule has 0 aliphatic carbocycles. The number of aliphatic imine (C=N–C) groups is 1. The van der Waals surface area contributed by atoms with Crippen LogP contribution in [-0.4, -0.2) is 40.3 Å². The Bertz CT molecular complexity index is 388. The number of nitrogens with zero attached hydrogens (tertiary/aromatic N) is 4. The Morgan fingerprint density at radius 3 is 2.67 bits per heavy atom. The molecule has 100 valence electrons. The topological polar surface area (TPSA) is 59.4 Å². The van der Waals surface area contributed by atoms with Crippen LogP contribution in [0.1, 0.15) is 31.4 Å². The zero-order valence-corrected chi connectivity index (χ0v) is 11.2. The minimum Gasteiger partial charge on any atom is -0.370 e. The van der Waals surface area contributed by atoms with Crippen LogP contribution in [0.5, 0.6) is 0 Å². The summed E-state index contributed by atoms with van der Waals surface area (Å²) in [5, 5.41) is 4.14. The summed E-state index contributed by atoms with van der Waals surface area (Å²) in [6.45, 7) is 2.85.